The Labute approximate surface area is 137 Å². The minimum Gasteiger partial charge on any atom is -0.333 e. The Morgan fingerprint density at radius 3 is 2.61 bits per heavy atom. The number of carbonyl (C=O) groups excluding carboxylic acids is 1. The second-order valence-electron chi connectivity index (χ2n) is 7.74. The largest absolute Gasteiger partial charge is 0.333 e. The van der Waals surface area contributed by atoms with E-state index in [4.69, 9.17) is 0 Å². The van der Waals surface area contributed by atoms with Gasteiger partial charge in [-0.2, -0.15) is 5.10 Å². The van der Waals surface area contributed by atoms with E-state index in [9.17, 15) is 4.79 Å². The van der Waals surface area contributed by atoms with Gasteiger partial charge in [-0.15, -0.1) is 0 Å². The summed E-state index contributed by atoms with van der Waals surface area (Å²) in [5, 5.41) is 4.19. The molecule has 2 aliphatic heterocycles. The maximum Gasteiger partial charge on any atom is 0.226 e. The summed E-state index contributed by atoms with van der Waals surface area (Å²) in [6, 6.07) is 0. The summed E-state index contributed by atoms with van der Waals surface area (Å²) in [4.78, 5) is 21.6. The standard InChI is InChI=1S/C17H27N5O/c1-20-8-6-17(7-9-20)4-2-14(3-5-17)16(23)21-10-11-22-15(12-21)18-13-19-22/h13-14H,2-12H2,1H3. The molecule has 23 heavy (non-hydrogen) atoms. The van der Waals surface area contributed by atoms with Crippen molar-refractivity contribution in [3.05, 3.63) is 12.2 Å². The van der Waals surface area contributed by atoms with E-state index < -0.39 is 0 Å². The second kappa shape index (κ2) is 5.89. The highest BCUT2D eigenvalue weighted by molar-refractivity contribution is 5.79. The van der Waals surface area contributed by atoms with Gasteiger partial charge in [0.15, 0.2) is 0 Å². The zero-order valence-corrected chi connectivity index (χ0v) is 14.1. The Hall–Kier alpha value is -1.43. The smallest absolute Gasteiger partial charge is 0.226 e. The Morgan fingerprint density at radius 2 is 1.87 bits per heavy atom. The van der Waals surface area contributed by atoms with Crippen LogP contribution in [0, 0.1) is 11.3 Å². The average Bonchev–Trinajstić information content (AvgIpc) is 3.05. The Morgan fingerprint density at radius 1 is 1.13 bits per heavy atom. The summed E-state index contributed by atoms with van der Waals surface area (Å²) in [5.41, 5.74) is 0.533. The molecule has 3 aliphatic rings. The van der Waals surface area contributed by atoms with Gasteiger partial charge in [-0.25, -0.2) is 9.67 Å². The first-order chi connectivity index (χ1) is 11.2. The molecule has 1 aromatic rings. The third-order valence-corrected chi connectivity index (χ3v) is 6.36. The molecule has 1 amide bonds. The van der Waals surface area contributed by atoms with Crippen molar-refractivity contribution in [2.45, 2.75) is 51.6 Å². The van der Waals surface area contributed by atoms with Crippen molar-refractivity contribution in [3.63, 3.8) is 0 Å². The van der Waals surface area contributed by atoms with Crippen LogP contribution in [-0.4, -0.2) is 57.2 Å². The highest BCUT2D eigenvalue weighted by Crippen LogP contribution is 2.46. The van der Waals surface area contributed by atoms with Crippen LogP contribution in [0.5, 0.6) is 0 Å². The van der Waals surface area contributed by atoms with Gasteiger partial charge in [0.25, 0.3) is 0 Å². The third kappa shape index (κ3) is 2.89. The summed E-state index contributed by atoms with van der Waals surface area (Å²) < 4.78 is 1.91. The zero-order valence-electron chi connectivity index (χ0n) is 14.1. The molecular formula is C17H27N5O. The topological polar surface area (TPSA) is 54.3 Å². The van der Waals surface area contributed by atoms with Gasteiger partial charge in [-0.05, 0) is 64.1 Å². The van der Waals surface area contributed by atoms with Crippen LogP contribution in [0.1, 0.15) is 44.3 Å². The molecule has 0 aromatic carbocycles. The van der Waals surface area contributed by atoms with E-state index >= 15 is 0 Å². The quantitative estimate of drug-likeness (QED) is 0.788. The van der Waals surface area contributed by atoms with Crippen LogP contribution in [0.25, 0.3) is 0 Å². The molecule has 0 bridgehead atoms. The molecule has 1 saturated carbocycles. The molecule has 0 N–H and O–H groups in total. The van der Waals surface area contributed by atoms with Crippen LogP contribution in [0.2, 0.25) is 0 Å². The third-order valence-electron chi connectivity index (χ3n) is 6.36. The van der Waals surface area contributed by atoms with Gasteiger partial charge in [0, 0.05) is 12.5 Å². The second-order valence-corrected chi connectivity index (χ2v) is 7.74. The molecule has 1 aliphatic carbocycles. The minimum absolute atomic E-state index is 0.231. The number of aromatic nitrogens is 3. The number of piperidine rings is 1. The number of rotatable bonds is 1. The monoisotopic (exact) mass is 317 g/mol. The summed E-state index contributed by atoms with van der Waals surface area (Å²) >= 11 is 0. The summed E-state index contributed by atoms with van der Waals surface area (Å²) in [6.07, 6.45) is 8.85. The number of fused-ring (bicyclic) bond motifs is 1. The Bertz CT molecular complexity index is 565. The van der Waals surface area contributed by atoms with Gasteiger partial charge < -0.3 is 9.80 Å². The van der Waals surface area contributed by atoms with E-state index in [0.29, 0.717) is 17.9 Å². The first kappa shape index (κ1) is 15.1. The van der Waals surface area contributed by atoms with E-state index in [1.54, 1.807) is 6.33 Å². The number of hydrogen-bond acceptors (Lipinski definition) is 4. The van der Waals surface area contributed by atoms with E-state index in [-0.39, 0.29) is 5.92 Å². The fourth-order valence-electron chi connectivity index (χ4n) is 4.58. The fourth-order valence-corrected chi connectivity index (χ4v) is 4.58. The number of likely N-dealkylation sites (tertiary alicyclic amines) is 1. The van der Waals surface area contributed by atoms with Crippen molar-refractivity contribution in [2.75, 3.05) is 26.7 Å². The molecule has 126 valence electrons. The van der Waals surface area contributed by atoms with Gasteiger partial charge in [-0.3, -0.25) is 4.79 Å². The molecule has 0 unspecified atom stereocenters. The number of nitrogens with zero attached hydrogens (tertiary/aromatic N) is 5. The van der Waals surface area contributed by atoms with Crippen LogP contribution in [0.3, 0.4) is 0 Å². The van der Waals surface area contributed by atoms with Gasteiger partial charge in [0.2, 0.25) is 5.91 Å². The SMILES string of the molecule is CN1CCC2(CCC(C(=O)N3CCn4ncnc4C3)CC2)CC1. The van der Waals surface area contributed by atoms with Crippen LogP contribution >= 0.6 is 0 Å². The zero-order chi connectivity index (χ0) is 15.9. The predicted molar refractivity (Wildman–Crippen MR) is 86.6 cm³/mol. The number of amides is 1. The van der Waals surface area contributed by atoms with Gasteiger partial charge >= 0.3 is 0 Å². The van der Waals surface area contributed by atoms with Crippen LogP contribution in [0.4, 0.5) is 0 Å². The maximum atomic E-state index is 12.9. The van der Waals surface area contributed by atoms with E-state index in [0.717, 1.165) is 31.8 Å². The molecule has 3 heterocycles. The van der Waals surface area contributed by atoms with Crippen molar-refractivity contribution >= 4 is 5.91 Å². The number of hydrogen-bond donors (Lipinski definition) is 0. The lowest BCUT2D eigenvalue weighted by Crippen LogP contribution is -2.45. The molecule has 6 heteroatoms. The summed E-state index contributed by atoms with van der Waals surface area (Å²) in [5.74, 6) is 1.50. The summed E-state index contributed by atoms with van der Waals surface area (Å²) in [7, 11) is 2.22. The summed E-state index contributed by atoms with van der Waals surface area (Å²) in [6.45, 7) is 4.64. The molecule has 1 saturated heterocycles. The van der Waals surface area contributed by atoms with Crippen molar-refractivity contribution in [3.8, 4) is 0 Å². The lowest BCUT2D eigenvalue weighted by atomic mass is 9.65. The molecule has 0 radical (unpaired) electrons. The lowest BCUT2D eigenvalue weighted by Gasteiger charge is -2.45. The van der Waals surface area contributed by atoms with Crippen LogP contribution < -0.4 is 0 Å². The Balaban J connectivity index is 1.35. The maximum absolute atomic E-state index is 12.9. The first-order valence-electron chi connectivity index (χ1n) is 8.99. The van der Waals surface area contributed by atoms with E-state index in [1.165, 1.54) is 38.8 Å². The molecule has 2 fully saturated rings. The van der Waals surface area contributed by atoms with Gasteiger partial charge in [0.1, 0.15) is 12.2 Å². The highest BCUT2D eigenvalue weighted by Gasteiger charge is 2.40. The molecule has 1 spiro atoms. The highest BCUT2D eigenvalue weighted by atomic mass is 16.2. The van der Waals surface area contributed by atoms with Crippen molar-refractivity contribution < 1.29 is 4.79 Å². The minimum atomic E-state index is 0.231. The van der Waals surface area contributed by atoms with E-state index in [1.807, 2.05) is 9.58 Å². The fraction of sp³-hybridized carbons (Fsp3) is 0.824. The molecule has 4 rings (SSSR count). The van der Waals surface area contributed by atoms with Crippen LogP contribution in [-0.2, 0) is 17.9 Å². The first-order valence-corrected chi connectivity index (χ1v) is 8.99. The predicted octanol–water partition coefficient (Wildman–Crippen LogP) is 1.52. The number of carbonyl (C=O) groups is 1. The van der Waals surface area contributed by atoms with Crippen LogP contribution in [0.15, 0.2) is 6.33 Å². The van der Waals surface area contributed by atoms with Crippen molar-refractivity contribution in [2.24, 2.45) is 11.3 Å². The Kier molecular flexibility index (Phi) is 3.87. The molecule has 0 atom stereocenters. The molecule has 6 nitrogen and oxygen atoms in total. The van der Waals surface area contributed by atoms with E-state index in [2.05, 4.69) is 22.0 Å². The molecular weight excluding hydrogens is 290 g/mol. The normalized spacial score (nSPS) is 25.5. The van der Waals surface area contributed by atoms with Gasteiger partial charge in [-0.1, -0.05) is 0 Å². The lowest BCUT2D eigenvalue weighted by molar-refractivity contribution is -0.139. The average molecular weight is 317 g/mol. The van der Waals surface area contributed by atoms with Crippen molar-refractivity contribution in [1.29, 1.82) is 0 Å². The molecule has 1 aromatic heterocycles. The van der Waals surface area contributed by atoms with Crippen molar-refractivity contribution in [1.82, 2.24) is 24.6 Å². The van der Waals surface area contributed by atoms with Gasteiger partial charge in [0.05, 0.1) is 13.1 Å².